The van der Waals surface area contributed by atoms with E-state index >= 15 is 0 Å². The first-order valence-electron chi connectivity index (χ1n) is 4.79. The van der Waals surface area contributed by atoms with Gasteiger partial charge in [-0.3, -0.25) is 0 Å². The van der Waals surface area contributed by atoms with Crippen LogP contribution in [0.1, 0.15) is 38.3 Å². The van der Waals surface area contributed by atoms with Crippen molar-refractivity contribution in [1.82, 2.24) is 0 Å². The maximum Gasteiger partial charge on any atom is -0.0185 e. The van der Waals surface area contributed by atoms with Crippen molar-refractivity contribution < 1.29 is 0 Å². The fraction of sp³-hybridized carbons (Fsp3) is 0.286. The summed E-state index contributed by atoms with van der Waals surface area (Å²) in [5.41, 5.74) is 4.15. The molecule has 0 N–H and O–H groups in total. The summed E-state index contributed by atoms with van der Waals surface area (Å²) in [4.78, 5) is 0. The van der Waals surface area contributed by atoms with E-state index in [0.29, 0.717) is 0 Å². The Morgan fingerprint density at radius 1 is 1.07 bits per heavy atom. The van der Waals surface area contributed by atoms with Crippen LogP contribution in [-0.2, 0) is 0 Å². The van der Waals surface area contributed by atoms with Gasteiger partial charge in [-0.05, 0) is 30.9 Å². The van der Waals surface area contributed by atoms with E-state index in [1.54, 1.807) is 0 Å². The summed E-state index contributed by atoms with van der Waals surface area (Å²) >= 11 is 0. The Morgan fingerprint density at radius 2 is 1.79 bits per heavy atom. The van der Waals surface area contributed by atoms with Gasteiger partial charge in [-0.1, -0.05) is 55.5 Å². The van der Waals surface area contributed by atoms with E-state index < -0.39 is 0 Å². The molecule has 0 nitrogen and oxygen atoms in total. The fourth-order valence-electron chi connectivity index (χ4n) is 1.65. The molecule has 0 heterocycles. The first-order chi connectivity index (χ1) is 6.36. The highest BCUT2D eigenvalue weighted by molar-refractivity contribution is 5.67. The van der Waals surface area contributed by atoms with Crippen LogP contribution in [0.15, 0.2) is 35.9 Å². The third-order valence-corrected chi connectivity index (χ3v) is 2.40. The molecule has 1 aromatic rings. The predicted octanol–water partition coefficient (Wildman–Crippen LogP) is 4.53. The zero-order valence-corrected chi connectivity index (χ0v) is 7.96. The second-order valence-electron chi connectivity index (χ2n) is 3.56. The maximum atomic E-state index is 2.29. The second-order valence-corrected chi connectivity index (χ2v) is 3.56. The van der Waals surface area contributed by atoms with Crippen LogP contribution >= 0.6 is 0 Å². The van der Waals surface area contributed by atoms with E-state index in [9.17, 15) is 0 Å². The summed E-state index contributed by atoms with van der Waals surface area (Å²) in [5, 5.41) is 0. The van der Waals surface area contributed by atoms with Crippen LogP contribution in [0.25, 0.3) is 12.2 Å². The van der Waals surface area contributed by atoms with Crippen molar-refractivity contribution >= 4 is 12.2 Å². The van der Waals surface area contributed by atoms with Crippen molar-refractivity contribution in [2.75, 3.05) is 0 Å². The monoisotopic (exact) mass is 186 g/mol. The van der Waals surface area contributed by atoms with Crippen molar-refractivity contribution in [2.45, 2.75) is 27.2 Å². The zero-order valence-electron chi connectivity index (χ0n) is 7.96. The number of hydrogen-bond acceptors (Lipinski definition) is 0. The molecule has 0 spiro atoms. The Kier molecular flexibility index (Phi) is 3.70. The van der Waals surface area contributed by atoms with Gasteiger partial charge in [-0.15, -0.1) is 0 Å². The topological polar surface area (TPSA) is 0 Å². The van der Waals surface area contributed by atoms with E-state index in [-0.39, 0.29) is 7.43 Å². The molecule has 0 saturated carbocycles. The average molecular weight is 186 g/mol. The molecule has 0 radical (unpaired) electrons. The number of allylic oxidation sites excluding steroid dienone is 2. The molecule has 0 bridgehead atoms. The Labute approximate surface area is 87.0 Å². The molecule has 2 rings (SSSR count). The lowest BCUT2D eigenvalue weighted by molar-refractivity contribution is 0.987. The van der Waals surface area contributed by atoms with Gasteiger partial charge in [0, 0.05) is 0 Å². The molecular formula is C14H18. The molecule has 0 amide bonds. The van der Waals surface area contributed by atoms with Crippen LogP contribution in [0.3, 0.4) is 0 Å². The lowest BCUT2D eigenvalue weighted by atomic mass is 9.99. The zero-order chi connectivity index (χ0) is 9.10. The van der Waals surface area contributed by atoms with Gasteiger partial charge in [0.1, 0.15) is 0 Å². The largest absolute Gasteiger partial charge is 0.0836 e. The normalized spacial score (nSPS) is 20.5. The van der Waals surface area contributed by atoms with Gasteiger partial charge >= 0.3 is 0 Å². The molecule has 0 aromatic heterocycles. The number of benzene rings is 1. The van der Waals surface area contributed by atoms with Crippen LogP contribution in [0.5, 0.6) is 0 Å². The molecular weight excluding hydrogens is 168 g/mol. The molecule has 0 aliphatic heterocycles. The van der Waals surface area contributed by atoms with Crippen molar-refractivity contribution in [1.29, 1.82) is 0 Å². The van der Waals surface area contributed by atoms with Gasteiger partial charge in [-0.25, -0.2) is 0 Å². The lowest BCUT2D eigenvalue weighted by Crippen LogP contribution is -1.85. The minimum Gasteiger partial charge on any atom is -0.0836 e. The smallest absolute Gasteiger partial charge is 0.0185 e. The van der Waals surface area contributed by atoms with Gasteiger partial charge in [-0.2, -0.15) is 0 Å². The van der Waals surface area contributed by atoms with Gasteiger partial charge < -0.3 is 0 Å². The highest BCUT2D eigenvalue weighted by Crippen LogP contribution is 2.20. The average Bonchev–Trinajstić information content (AvgIpc) is 2.11. The third kappa shape index (κ3) is 2.35. The minimum absolute atomic E-state index is 0. The molecule has 74 valence electrons. The quantitative estimate of drug-likeness (QED) is 0.558. The summed E-state index contributed by atoms with van der Waals surface area (Å²) in [7, 11) is 0. The van der Waals surface area contributed by atoms with Crippen LogP contribution in [0.4, 0.5) is 0 Å². The summed E-state index contributed by atoms with van der Waals surface area (Å²) in [6.45, 7) is 2.20. The molecule has 14 heavy (non-hydrogen) atoms. The van der Waals surface area contributed by atoms with Crippen molar-refractivity contribution in [2.24, 2.45) is 0 Å². The molecule has 1 aromatic carbocycles. The van der Waals surface area contributed by atoms with Gasteiger partial charge in [0.25, 0.3) is 0 Å². The Morgan fingerprint density at radius 3 is 2.57 bits per heavy atom. The molecule has 1 aliphatic carbocycles. The second kappa shape index (κ2) is 4.80. The standard InChI is InChI=1S/C13H14.CH4/c1-11-6-2-3-7-12-8-4-5-9-13(12)10-11;/h3-5,7-10H,2,6H2,1H3;1H4/b7-3-,11-10-;. The van der Waals surface area contributed by atoms with E-state index in [4.69, 9.17) is 0 Å². The lowest BCUT2D eigenvalue weighted by Gasteiger charge is -2.06. The summed E-state index contributed by atoms with van der Waals surface area (Å²) in [6, 6.07) is 8.53. The Hall–Kier alpha value is -1.30. The fourth-order valence-corrected chi connectivity index (χ4v) is 1.65. The van der Waals surface area contributed by atoms with Crippen molar-refractivity contribution in [3.8, 4) is 0 Å². The van der Waals surface area contributed by atoms with Crippen molar-refractivity contribution in [3.05, 3.63) is 47.0 Å². The van der Waals surface area contributed by atoms with E-state index in [2.05, 4.69) is 49.4 Å². The van der Waals surface area contributed by atoms with Crippen molar-refractivity contribution in [3.63, 3.8) is 0 Å². The molecule has 0 fully saturated rings. The molecule has 0 atom stereocenters. The first-order valence-corrected chi connectivity index (χ1v) is 4.79. The summed E-state index contributed by atoms with van der Waals surface area (Å²) in [5.74, 6) is 0. The third-order valence-electron chi connectivity index (χ3n) is 2.40. The van der Waals surface area contributed by atoms with Crippen LogP contribution in [0, 0.1) is 0 Å². The number of rotatable bonds is 0. The molecule has 1 aliphatic rings. The Balaban J connectivity index is 0.000000980. The highest BCUT2D eigenvalue weighted by Gasteiger charge is 1.98. The van der Waals surface area contributed by atoms with Crippen LogP contribution < -0.4 is 0 Å². The summed E-state index contributed by atoms with van der Waals surface area (Å²) in [6.07, 6.45) is 9.12. The highest BCUT2D eigenvalue weighted by atomic mass is 14.0. The maximum absolute atomic E-state index is 2.29. The summed E-state index contributed by atoms with van der Waals surface area (Å²) < 4.78 is 0. The Bertz CT molecular complexity index is 356. The number of fused-ring (bicyclic) bond motifs is 1. The molecule has 0 heteroatoms. The van der Waals surface area contributed by atoms with Gasteiger partial charge in [0.15, 0.2) is 0 Å². The van der Waals surface area contributed by atoms with Gasteiger partial charge in [0.2, 0.25) is 0 Å². The van der Waals surface area contributed by atoms with Gasteiger partial charge in [0.05, 0.1) is 0 Å². The minimum atomic E-state index is 0. The van der Waals surface area contributed by atoms with Crippen LogP contribution in [-0.4, -0.2) is 0 Å². The molecule has 0 unspecified atom stereocenters. The van der Waals surface area contributed by atoms with Crippen LogP contribution in [0.2, 0.25) is 0 Å². The van der Waals surface area contributed by atoms with E-state index in [1.807, 2.05) is 0 Å². The first kappa shape index (κ1) is 10.8. The SMILES string of the molecule is C.C/C1=C/c2ccccc2/C=C\CC1. The predicted molar refractivity (Wildman–Crippen MR) is 65.1 cm³/mol. The number of hydrogen-bond donors (Lipinski definition) is 0. The molecule has 0 saturated heterocycles. The van der Waals surface area contributed by atoms with E-state index in [1.165, 1.54) is 23.1 Å². The van der Waals surface area contributed by atoms with E-state index in [0.717, 1.165) is 6.42 Å².